The molecule has 0 saturated heterocycles. The molecule has 1 aromatic heterocycles. The first-order valence-electron chi connectivity index (χ1n) is 6.98. The Morgan fingerprint density at radius 2 is 2.00 bits per heavy atom. The van der Waals surface area contributed by atoms with Gasteiger partial charge in [0.1, 0.15) is 0 Å². The zero-order valence-electron chi connectivity index (χ0n) is 12.1. The first-order chi connectivity index (χ1) is 8.47. The highest BCUT2D eigenvalue weighted by atomic mass is 35.5. The van der Waals surface area contributed by atoms with Gasteiger partial charge < -0.3 is 5.73 Å². The van der Waals surface area contributed by atoms with Crippen molar-refractivity contribution in [1.82, 2.24) is 9.78 Å². The van der Waals surface area contributed by atoms with Crippen molar-refractivity contribution in [3.05, 3.63) is 16.4 Å². The van der Waals surface area contributed by atoms with Gasteiger partial charge in [0, 0.05) is 18.5 Å². The van der Waals surface area contributed by atoms with Crippen LogP contribution in [0, 0.1) is 6.92 Å². The minimum absolute atomic E-state index is 0.154. The van der Waals surface area contributed by atoms with E-state index in [1.54, 1.807) is 0 Å². The van der Waals surface area contributed by atoms with Crippen LogP contribution in [0.2, 0.25) is 5.02 Å². The van der Waals surface area contributed by atoms with Crippen molar-refractivity contribution in [2.75, 3.05) is 0 Å². The number of hydrogen-bond donors (Lipinski definition) is 1. The summed E-state index contributed by atoms with van der Waals surface area (Å²) in [6.45, 7) is 9.24. The molecule has 0 fully saturated rings. The van der Waals surface area contributed by atoms with Crippen LogP contribution in [-0.4, -0.2) is 15.3 Å². The maximum atomic E-state index is 6.52. The molecule has 1 atom stereocenters. The normalized spacial score (nSPS) is 14.8. The molecule has 1 rings (SSSR count). The average molecular weight is 272 g/mol. The van der Waals surface area contributed by atoms with Crippen molar-refractivity contribution in [3.63, 3.8) is 0 Å². The average Bonchev–Trinajstić information content (AvgIpc) is 2.64. The Bertz CT molecular complexity index is 387. The van der Waals surface area contributed by atoms with Gasteiger partial charge in [-0.1, -0.05) is 38.3 Å². The van der Waals surface area contributed by atoms with Crippen LogP contribution in [0.1, 0.15) is 57.8 Å². The third-order valence-corrected chi connectivity index (χ3v) is 4.20. The van der Waals surface area contributed by atoms with Gasteiger partial charge in [-0.25, -0.2) is 0 Å². The van der Waals surface area contributed by atoms with E-state index in [1.165, 1.54) is 12.8 Å². The van der Waals surface area contributed by atoms with E-state index >= 15 is 0 Å². The molecular weight excluding hydrogens is 246 g/mol. The topological polar surface area (TPSA) is 43.8 Å². The number of aryl methyl sites for hydroxylation is 2. The van der Waals surface area contributed by atoms with Gasteiger partial charge in [0.05, 0.1) is 16.4 Å². The number of unbranched alkanes of at least 4 members (excludes halogenated alkanes) is 1. The Kier molecular flexibility index (Phi) is 5.67. The fraction of sp³-hybridized carbons (Fsp3) is 0.786. The third kappa shape index (κ3) is 3.48. The molecule has 0 radical (unpaired) electrons. The lowest BCUT2D eigenvalue weighted by Gasteiger charge is -2.28. The van der Waals surface area contributed by atoms with E-state index in [1.807, 2.05) is 11.6 Å². The van der Waals surface area contributed by atoms with Gasteiger partial charge in [-0.15, -0.1) is 0 Å². The second kappa shape index (κ2) is 6.58. The summed E-state index contributed by atoms with van der Waals surface area (Å²) < 4.78 is 1.99. The Morgan fingerprint density at radius 3 is 2.50 bits per heavy atom. The van der Waals surface area contributed by atoms with Crippen LogP contribution in [0.5, 0.6) is 0 Å². The molecule has 0 bridgehead atoms. The van der Waals surface area contributed by atoms with E-state index in [-0.39, 0.29) is 5.54 Å². The van der Waals surface area contributed by atoms with Crippen molar-refractivity contribution >= 4 is 11.6 Å². The second-order valence-corrected chi connectivity index (χ2v) is 5.54. The molecule has 0 aliphatic rings. The van der Waals surface area contributed by atoms with E-state index in [0.717, 1.165) is 42.2 Å². The first kappa shape index (κ1) is 15.5. The minimum Gasteiger partial charge on any atom is -0.325 e. The van der Waals surface area contributed by atoms with Crippen LogP contribution in [0.4, 0.5) is 0 Å². The van der Waals surface area contributed by atoms with Gasteiger partial charge in [-0.3, -0.25) is 4.68 Å². The molecule has 1 aromatic rings. The summed E-state index contributed by atoms with van der Waals surface area (Å²) in [6, 6.07) is 0. The van der Waals surface area contributed by atoms with Gasteiger partial charge in [0.15, 0.2) is 0 Å². The molecule has 0 spiro atoms. The van der Waals surface area contributed by atoms with E-state index in [2.05, 4.69) is 25.9 Å². The standard InChI is InChI=1S/C14H26ClN3/c1-5-8-9-14(16,6-2)10-12-13(15)11(4)17-18(12)7-3/h5-10,16H2,1-4H3. The third-order valence-electron chi connectivity index (χ3n) is 3.70. The van der Waals surface area contributed by atoms with Crippen molar-refractivity contribution in [2.24, 2.45) is 5.73 Å². The molecule has 0 aromatic carbocycles. The minimum atomic E-state index is -0.154. The van der Waals surface area contributed by atoms with Gasteiger partial charge in [0.2, 0.25) is 0 Å². The molecule has 4 heteroatoms. The number of rotatable bonds is 7. The Hall–Kier alpha value is -0.540. The van der Waals surface area contributed by atoms with Gasteiger partial charge in [-0.2, -0.15) is 5.10 Å². The molecule has 0 aliphatic heterocycles. The quantitative estimate of drug-likeness (QED) is 0.822. The van der Waals surface area contributed by atoms with E-state index in [4.69, 9.17) is 17.3 Å². The molecule has 0 amide bonds. The Labute approximate surface area is 116 Å². The zero-order chi connectivity index (χ0) is 13.8. The van der Waals surface area contributed by atoms with Crippen molar-refractivity contribution in [1.29, 1.82) is 0 Å². The molecule has 1 unspecified atom stereocenters. The number of nitrogens with two attached hydrogens (primary N) is 1. The highest BCUT2D eigenvalue weighted by Gasteiger charge is 2.26. The van der Waals surface area contributed by atoms with Crippen molar-refractivity contribution in [2.45, 2.75) is 71.9 Å². The van der Waals surface area contributed by atoms with Crippen molar-refractivity contribution < 1.29 is 0 Å². The summed E-state index contributed by atoms with van der Waals surface area (Å²) in [5.41, 5.74) is 8.36. The highest BCUT2D eigenvalue weighted by Crippen LogP contribution is 2.27. The summed E-state index contributed by atoms with van der Waals surface area (Å²) in [4.78, 5) is 0. The van der Waals surface area contributed by atoms with E-state index in [9.17, 15) is 0 Å². The SMILES string of the molecule is CCCCC(N)(CC)Cc1c(Cl)c(C)nn1CC. The fourth-order valence-corrected chi connectivity index (χ4v) is 2.49. The lowest BCUT2D eigenvalue weighted by atomic mass is 9.86. The zero-order valence-corrected chi connectivity index (χ0v) is 12.8. The van der Waals surface area contributed by atoms with Crippen LogP contribution in [0.25, 0.3) is 0 Å². The van der Waals surface area contributed by atoms with Crippen molar-refractivity contribution in [3.8, 4) is 0 Å². The smallest absolute Gasteiger partial charge is 0.0847 e. The molecule has 18 heavy (non-hydrogen) atoms. The van der Waals surface area contributed by atoms with Crippen LogP contribution in [0.15, 0.2) is 0 Å². The maximum Gasteiger partial charge on any atom is 0.0847 e. The van der Waals surface area contributed by atoms with Gasteiger partial charge in [0.25, 0.3) is 0 Å². The van der Waals surface area contributed by atoms with E-state index < -0.39 is 0 Å². The lowest BCUT2D eigenvalue weighted by Crippen LogP contribution is -2.42. The summed E-state index contributed by atoms with van der Waals surface area (Å²) in [7, 11) is 0. The molecule has 0 saturated carbocycles. The number of aromatic nitrogens is 2. The monoisotopic (exact) mass is 271 g/mol. The van der Waals surface area contributed by atoms with Crippen LogP contribution in [0.3, 0.4) is 0 Å². The number of nitrogens with zero attached hydrogens (tertiary/aromatic N) is 2. The molecule has 2 N–H and O–H groups in total. The van der Waals surface area contributed by atoms with Gasteiger partial charge in [-0.05, 0) is 26.7 Å². The Morgan fingerprint density at radius 1 is 1.33 bits per heavy atom. The van der Waals surface area contributed by atoms with Crippen LogP contribution < -0.4 is 5.73 Å². The van der Waals surface area contributed by atoms with E-state index in [0.29, 0.717) is 0 Å². The summed E-state index contributed by atoms with van der Waals surface area (Å²) in [5, 5.41) is 5.25. The molecule has 0 aliphatic carbocycles. The summed E-state index contributed by atoms with van der Waals surface area (Å²) in [6.07, 6.45) is 5.18. The highest BCUT2D eigenvalue weighted by molar-refractivity contribution is 6.31. The molecule has 1 heterocycles. The molecular formula is C14H26ClN3. The largest absolute Gasteiger partial charge is 0.325 e. The Balaban J connectivity index is 2.93. The predicted molar refractivity (Wildman–Crippen MR) is 78.1 cm³/mol. The first-order valence-corrected chi connectivity index (χ1v) is 7.35. The van der Waals surface area contributed by atoms with Crippen LogP contribution in [-0.2, 0) is 13.0 Å². The second-order valence-electron chi connectivity index (χ2n) is 5.16. The van der Waals surface area contributed by atoms with Crippen LogP contribution >= 0.6 is 11.6 Å². The van der Waals surface area contributed by atoms with Gasteiger partial charge >= 0.3 is 0 Å². The fourth-order valence-electron chi connectivity index (χ4n) is 2.29. The molecule has 3 nitrogen and oxygen atoms in total. The number of hydrogen-bond acceptors (Lipinski definition) is 2. The summed E-state index contributed by atoms with van der Waals surface area (Å²) in [5.74, 6) is 0. The summed E-state index contributed by atoms with van der Waals surface area (Å²) >= 11 is 6.35. The maximum absolute atomic E-state index is 6.52. The molecule has 104 valence electrons. The predicted octanol–water partition coefficient (Wildman–Crippen LogP) is 3.71. The lowest BCUT2D eigenvalue weighted by molar-refractivity contribution is 0.355. The number of halogens is 1.